The number of aliphatic carboxylic acids is 1. The van der Waals surface area contributed by atoms with Crippen molar-refractivity contribution in [2.24, 2.45) is 5.92 Å². The van der Waals surface area contributed by atoms with Crippen LogP contribution in [0.25, 0.3) is 0 Å². The molecule has 0 spiro atoms. The van der Waals surface area contributed by atoms with Crippen molar-refractivity contribution in [3.8, 4) is 0 Å². The zero-order valence-electron chi connectivity index (χ0n) is 11.8. The zero-order valence-corrected chi connectivity index (χ0v) is 12.6. The summed E-state index contributed by atoms with van der Waals surface area (Å²) in [7, 11) is 0. The highest BCUT2D eigenvalue weighted by Gasteiger charge is 2.41. The topological polar surface area (TPSA) is 82.5 Å². The molecule has 2 unspecified atom stereocenters. The third kappa shape index (κ3) is 2.77. The van der Waals surface area contributed by atoms with Crippen LogP contribution in [0.1, 0.15) is 32.2 Å². The number of carbonyl (C=O) groups excluding carboxylic acids is 1. The van der Waals surface area contributed by atoms with Gasteiger partial charge in [-0.05, 0) is 26.2 Å². The molecular formula is C13H19N3O3S. The van der Waals surface area contributed by atoms with E-state index in [2.05, 4.69) is 10.3 Å². The lowest BCUT2D eigenvalue weighted by atomic mass is 10.0. The van der Waals surface area contributed by atoms with Crippen molar-refractivity contribution in [1.29, 1.82) is 0 Å². The number of amides is 2. The minimum atomic E-state index is -0.947. The Morgan fingerprint density at radius 3 is 2.80 bits per heavy atom. The minimum Gasteiger partial charge on any atom is -0.480 e. The van der Waals surface area contributed by atoms with Gasteiger partial charge >= 0.3 is 12.0 Å². The SMILES string of the molecule is CC1CCN(C(=O)NC(C)(C)c2nccs2)C1C(=O)O. The number of nitrogens with zero attached hydrogens (tertiary/aromatic N) is 2. The van der Waals surface area contributed by atoms with Crippen molar-refractivity contribution in [1.82, 2.24) is 15.2 Å². The second kappa shape index (κ2) is 5.40. The molecule has 2 heterocycles. The first-order valence-electron chi connectivity index (χ1n) is 6.54. The van der Waals surface area contributed by atoms with Crippen LogP contribution in [0.5, 0.6) is 0 Å². The number of thiazole rings is 1. The second-order valence-corrected chi connectivity index (χ2v) is 6.53. The number of rotatable bonds is 3. The molecule has 110 valence electrons. The maximum Gasteiger partial charge on any atom is 0.326 e. The average Bonchev–Trinajstić information content (AvgIpc) is 2.96. The molecular weight excluding hydrogens is 278 g/mol. The van der Waals surface area contributed by atoms with Gasteiger partial charge in [0.2, 0.25) is 0 Å². The number of hydrogen-bond donors (Lipinski definition) is 2. The van der Waals surface area contributed by atoms with Crippen LogP contribution in [0.3, 0.4) is 0 Å². The van der Waals surface area contributed by atoms with E-state index in [9.17, 15) is 14.7 Å². The first kappa shape index (κ1) is 14.8. The molecule has 1 aliphatic rings. The fraction of sp³-hybridized carbons (Fsp3) is 0.615. The Balaban J connectivity index is 2.10. The van der Waals surface area contributed by atoms with Crippen molar-refractivity contribution in [3.63, 3.8) is 0 Å². The van der Waals surface area contributed by atoms with E-state index in [-0.39, 0.29) is 11.9 Å². The Bertz CT molecular complexity index is 501. The Hall–Kier alpha value is -1.63. The zero-order chi connectivity index (χ0) is 14.9. The van der Waals surface area contributed by atoms with E-state index in [0.29, 0.717) is 13.0 Å². The number of carboxylic acids is 1. The molecule has 1 fully saturated rings. The third-order valence-electron chi connectivity index (χ3n) is 3.60. The van der Waals surface area contributed by atoms with Crippen LogP contribution in [0.4, 0.5) is 4.79 Å². The summed E-state index contributed by atoms with van der Waals surface area (Å²) in [6.45, 7) is 6.05. The van der Waals surface area contributed by atoms with Crippen molar-refractivity contribution in [3.05, 3.63) is 16.6 Å². The van der Waals surface area contributed by atoms with Crippen LogP contribution in [0.15, 0.2) is 11.6 Å². The normalized spacial score (nSPS) is 22.9. The highest BCUT2D eigenvalue weighted by molar-refractivity contribution is 7.09. The molecule has 2 atom stereocenters. The second-order valence-electron chi connectivity index (χ2n) is 5.63. The summed E-state index contributed by atoms with van der Waals surface area (Å²) in [5.74, 6) is -0.974. The highest BCUT2D eigenvalue weighted by atomic mass is 32.1. The lowest BCUT2D eigenvalue weighted by Crippen LogP contribution is -2.52. The number of nitrogens with one attached hydrogen (secondary N) is 1. The number of aromatic nitrogens is 1. The molecule has 0 bridgehead atoms. The molecule has 6 nitrogen and oxygen atoms in total. The largest absolute Gasteiger partial charge is 0.480 e. The molecule has 2 N–H and O–H groups in total. The van der Waals surface area contributed by atoms with Crippen LogP contribution in [-0.2, 0) is 10.3 Å². The Labute approximate surface area is 121 Å². The number of carbonyl (C=O) groups is 2. The summed E-state index contributed by atoms with van der Waals surface area (Å²) in [6.07, 6.45) is 2.40. The van der Waals surface area contributed by atoms with Crippen molar-refractivity contribution < 1.29 is 14.7 Å². The fourth-order valence-corrected chi connectivity index (χ4v) is 3.19. The molecule has 1 aromatic heterocycles. The molecule has 0 saturated carbocycles. The van der Waals surface area contributed by atoms with Gasteiger partial charge in [-0.15, -0.1) is 11.3 Å². The standard InChI is InChI=1S/C13H19N3O3S/c1-8-4-6-16(9(8)10(17)18)12(19)15-13(2,3)11-14-5-7-20-11/h5,7-9H,4,6H2,1-3H3,(H,15,19)(H,17,18). The number of urea groups is 1. The van der Waals surface area contributed by atoms with Crippen LogP contribution < -0.4 is 5.32 Å². The van der Waals surface area contributed by atoms with Gasteiger partial charge in [-0.25, -0.2) is 14.6 Å². The lowest BCUT2D eigenvalue weighted by molar-refractivity contribution is -0.142. The van der Waals surface area contributed by atoms with Gasteiger partial charge in [-0.1, -0.05) is 6.92 Å². The Kier molecular flexibility index (Phi) is 3.99. The van der Waals surface area contributed by atoms with E-state index in [1.165, 1.54) is 16.2 Å². The molecule has 0 aromatic carbocycles. The molecule has 2 rings (SSSR count). The van der Waals surface area contributed by atoms with Gasteiger partial charge in [-0.3, -0.25) is 0 Å². The average molecular weight is 297 g/mol. The monoisotopic (exact) mass is 297 g/mol. The van der Waals surface area contributed by atoms with Gasteiger partial charge in [0, 0.05) is 18.1 Å². The fourth-order valence-electron chi connectivity index (χ4n) is 2.48. The van der Waals surface area contributed by atoms with E-state index in [0.717, 1.165) is 5.01 Å². The minimum absolute atomic E-state index is 0.0266. The number of hydrogen-bond acceptors (Lipinski definition) is 4. The van der Waals surface area contributed by atoms with Gasteiger partial charge in [0.15, 0.2) is 0 Å². The summed E-state index contributed by atoms with van der Waals surface area (Å²) >= 11 is 1.46. The summed E-state index contributed by atoms with van der Waals surface area (Å²) in [6, 6.07) is -1.09. The first-order valence-corrected chi connectivity index (χ1v) is 7.42. The van der Waals surface area contributed by atoms with E-state index in [1.54, 1.807) is 6.20 Å². The van der Waals surface area contributed by atoms with E-state index >= 15 is 0 Å². The molecule has 1 aliphatic heterocycles. The first-order chi connectivity index (χ1) is 9.33. The molecule has 0 aliphatic carbocycles. The summed E-state index contributed by atoms with van der Waals surface area (Å²) in [5.41, 5.74) is -0.611. The van der Waals surface area contributed by atoms with Gasteiger partial charge in [0.05, 0.1) is 5.54 Å². The smallest absolute Gasteiger partial charge is 0.326 e. The highest BCUT2D eigenvalue weighted by Crippen LogP contribution is 2.27. The quantitative estimate of drug-likeness (QED) is 0.892. The molecule has 2 amide bonds. The summed E-state index contributed by atoms with van der Waals surface area (Å²) in [5, 5.41) is 14.8. The van der Waals surface area contributed by atoms with Crippen molar-refractivity contribution >= 4 is 23.3 Å². The molecule has 0 radical (unpaired) electrons. The molecule has 1 saturated heterocycles. The van der Waals surface area contributed by atoms with Gasteiger partial charge < -0.3 is 15.3 Å². The maximum absolute atomic E-state index is 12.3. The number of likely N-dealkylation sites (tertiary alicyclic amines) is 1. The summed E-state index contributed by atoms with van der Waals surface area (Å²) < 4.78 is 0. The van der Waals surface area contributed by atoms with E-state index in [4.69, 9.17) is 0 Å². The van der Waals surface area contributed by atoms with Crippen LogP contribution >= 0.6 is 11.3 Å². The Morgan fingerprint density at radius 1 is 1.55 bits per heavy atom. The molecule has 1 aromatic rings. The van der Waals surface area contributed by atoms with Crippen molar-refractivity contribution in [2.75, 3.05) is 6.54 Å². The third-order valence-corrected chi connectivity index (χ3v) is 4.70. The van der Waals surface area contributed by atoms with Gasteiger partial charge in [0.1, 0.15) is 11.0 Å². The molecule has 7 heteroatoms. The van der Waals surface area contributed by atoms with Crippen molar-refractivity contribution in [2.45, 2.75) is 38.8 Å². The summed E-state index contributed by atoms with van der Waals surface area (Å²) in [4.78, 5) is 29.2. The predicted octanol–water partition coefficient (Wildman–Crippen LogP) is 1.88. The van der Waals surface area contributed by atoms with Crippen LogP contribution in [-0.4, -0.2) is 39.6 Å². The van der Waals surface area contributed by atoms with Gasteiger partial charge in [0.25, 0.3) is 0 Å². The van der Waals surface area contributed by atoms with Crippen LogP contribution in [0.2, 0.25) is 0 Å². The van der Waals surface area contributed by atoms with Gasteiger partial charge in [-0.2, -0.15) is 0 Å². The predicted molar refractivity (Wildman–Crippen MR) is 75.6 cm³/mol. The Morgan fingerprint density at radius 2 is 2.25 bits per heavy atom. The van der Waals surface area contributed by atoms with E-state index < -0.39 is 17.6 Å². The number of carboxylic acid groups (broad SMARTS) is 1. The van der Waals surface area contributed by atoms with Crippen LogP contribution in [0, 0.1) is 5.92 Å². The molecule has 20 heavy (non-hydrogen) atoms. The van der Waals surface area contributed by atoms with E-state index in [1.807, 2.05) is 26.2 Å². The maximum atomic E-state index is 12.3. The lowest BCUT2D eigenvalue weighted by Gasteiger charge is -2.30.